The van der Waals surface area contributed by atoms with Crippen molar-refractivity contribution in [2.75, 3.05) is 6.79 Å². The van der Waals surface area contributed by atoms with Gasteiger partial charge in [0.1, 0.15) is 5.52 Å². The molecule has 2 N–H and O–H groups in total. The topological polar surface area (TPSA) is 91.8 Å². The van der Waals surface area contributed by atoms with Gasteiger partial charge >= 0.3 is 0 Å². The number of rotatable bonds is 5. The summed E-state index contributed by atoms with van der Waals surface area (Å²) in [4.78, 5) is 16.1. The number of H-pyrrole nitrogens is 1. The predicted molar refractivity (Wildman–Crippen MR) is 117 cm³/mol. The van der Waals surface area contributed by atoms with Crippen molar-refractivity contribution in [3.05, 3.63) is 28.4 Å². The van der Waals surface area contributed by atoms with E-state index in [1.807, 2.05) is 12.1 Å². The van der Waals surface area contributed by atoms with E-state index in [1.165, 1.54) is 31.0 Å². The first-order chi connectivity index (χ1) is 15.2. The van der Waals surface area contributed by atoms with Gasteiger partial charge in [0.15, 0.2) is 27.8 Å². The van der Waals surface area contributed by atoms with E-state index < -0.39 is 0 Å². The molecule has 0 saturated carbocycles. The van der Waals surface area contributed by atoms with Crippen molar-refractivity contribution in [3.8, 4) is 11.5 Å². The molecule has 2 unspecified atom stereocenters. The number of nitrogens with zero attached hydrogens (tertiary/aromatic N) is 4. The quantitative estimate of drug-likeness (QED) is 0.520. The van der Waals surface area contributed by atoms with E-state index in [9.17, 15) is 0 Å². The van der Waals surface area contributed by atoms with Crippen LogP contribution in [0.4, 0.5) is 0 Å². The number of imidazole rings is 1. The van der Waals surface area contributed by atoms with Crippen molar-refractivity contribution in [1.29, 1.82) is 5.41 Å². The molecule has 160 valence electrons. The molecule has 6 heterocycles. The van der Waals surface area contributed by atoms with Gasteiger partial charge in [0.05, 0.1) is 6.33 Å². The number of hydrogen-bond acceptors (Lipinski definition) is 7. The maximum absolute atomic E-state index is 8.24. The van der Waals surface area contributed by atoms with Crippen LogP contribution < -0.4 is 15.0 Å². The minimum atomic E-state index is 0.225. The Bertz CT molecular complexity index is 1270. The Morgan fingerprint density at radius 3 is 2.97 bits per heavy atom. The molecule has 0 amide bonds. The van der Waals surface area contributed by atoms with E-state index in [2.05, 4.69) is 35.4 Å². The minimum Gasteiger partial charge on any atom is -0.454 e. The Labute approximate surface area is 191 Å². The maximum Gasteiger partial charge on any atom is 0.231 e. The zero-order chi connectivity index (χ0) is 20.7. The van der Waals surface area contributed by atoms with Crippen LogP contribution in [-0.2, 0) is 6.54 Å². The van der Waals surface area contributed by atoms with Crippen molar-refractivity contribution >= 4 is 38.9 Å². The number of halogens is 1. The van der Waals surface area contributed by atoms with Crippen LogP contribution >= 0.6 is 27.7 Å². The van der Waals surface area contributed by atoms with Crippen LogP contribution in [0.2, 0.25) is 0 Å². The van der Waals surface area contributed by atoms with Gasteiger partial charge in [-0.15, -0.1) is 0 Å². The molecule has 2 aromatic heterocycles. The highest BCUT2D eigenvalue weighted by molar-refractivity contribution is 9.10. The predicted octanol–water partition coefficient (Wildman–Crippen LogP) is 3.51. The van der Waals surface area contributed by atoms with E-state index in [1.54, 1.807) is 6.33 Å². The van der Waals surface area contributed by atoms with Crippen LogP contribution in [-0.4, -0.2) is 49.3 Å². The summed E-state index contributed by atoms with van der Waals surface area (Å²) in [7, 11) is 0. The summed E-state index contributed by atoms with van der Waals surface area (Å²) in [5.41, 5.74) is 1.71. The number of piperidine rings is 2. The molecule has 5 atom stereocenters. The molecule has 31 heavy (non-hydrogen) atoms. The lowest BCUT2D eigenvalue weighted by Crippen LogP contribution is -2.16. The third-order valence-electron chi connectivity index (χ3n) is 7.18. The zero-order valence-corrected chi connectivity index (χ0v) is 19.1. The third-order valence-corrected chi connectivity index (χ3v) is 9.04. The number of aromatic amines is 1. The Balaban J connectivity index is 1.15. The largest absolute Gasteiger partial charge is 0.454 e. The first-order valence-corrected chi connectivity index (χ1v) is 12.3. The molecule has 4 aliphatic rings. The fraction of sp³-hybridized carbons (Fsp3) is 0.476. The highest BCUT2D eigenvalue weighted by Gasteiger charge is 2.63. The SMILES string of the molecule is N=c1ncn(CC[C@H]2C[C@H]3CC[C@H]4C2N34)c2nc(Sc3cc4c(cc3Br)OCO4)[nH]c12. The van der Waals surface area contributed by atoms with E-state index in [4.69, 9.17) is 19.9 Å². The number of hydrogen-bond donors (Lipinski definition) is 2. The molecule has 7 rings (SSSR count). The number of ether oxygens (including phenoxy) is 2. The molecule has 0 spiro atoms. The van der Waals surface area contributed by atoms with E-state index in [-0.39, 0.29) is 12.3 Å². The fourth-order valence-electron chi connectivity index (χ4n) is 5.80. The molecule has 3 fully saturated rings. The molecule has 0 radical (unpaired) electrons. The number of aryl methyl sites for hydroxylation is 1. The highest BCUT2D eigenvalue weighted by Crippen LogP contribution is 2.56. The Morgan fingerprint density at radius 2 is 2.13 bits per heavy atom. The van der Waals surface area contributed by atoms with Gasteiger partial charge in [-0.3, -0.25) is 10.3 Å². The lowest BCUT2D eigenvalue weighted by molar-refractivity contribution is 0.174. The normalized spacial score (nSPS) is 29.6. The Morgan fingerprint density at radius 1 is 1.26 bits per heavy atom. The molecule has 0 aliphatic carbocycles. The molecular weight excluding hydrogens is 480 g/mol. The minimum absolute atomic E-state index is 0.225. The summed E-state index contributed by atoms with van der Waals surface area (Å²) in [5.74, 6) is 2.26. The monoisotopic (exact) mass is 500 g/mol. The average molecular weight is 501 g/mol. The number of benzene rings is 1. The van der Waals surface area contributed by atoms with Gasteiger partial charge in [-0.05, 0) is 59.7 Å². The van der Waals surface area contributed by atoms with Crippen molar-refractivity contribution < 1.29 is 9.47 Å². The smallest absolute Gasteiger partial charge is 0.231 e. The van der Waals surface area contributed by atoms with Crippen molar-refractivity contribution in [3.63, 3.8) is 0 Å². The van der Waals surface area contributed by atoms with Gasteiger partial charge in [-0.1, -0.05) is 11.8 Å². The van der Waals surface area contributed by atoms with Crippen LogP contribution in [0.5, 0.6) is 11.5 Å². The van der Waals surface area contributed by atoms with Crippen molar-refractivity contribution in [1.82, 2.24) is 24.4 Å². The summed E-state index contributed by atoms with van der Waals surface area (Å²) in [6, 6.07) is 6.41. The van der Waals surface area contributed by atoms with E-state index >= 15 is 0 Å². The second-order valence-electron chi connectivity index (χ2n) is 8.79. The Hall–Kier alpha value is -2.04. The first-order valence-electron chi connectivity index (χ1n) is 10.7. The summed E-state index contributed by atoms with van der Waals surface area (Å²) >= 11 is 5.11. The molecule has 0 bridgehead atoms. The number of aromatic nitrogens is 4. The summed E-state index contributed by atoms with van der Waals surface area (Å²) in [6.45, 7) is 1.14. The van der Waals surface area contributed by atoms with E-state index in [0.29, 0.717) is 5.52 Å². The molecule has 4 aliphatic heterocycles. The zero-order valence-electron chi connectivity index (χ0n) is 16.7. The first kappa shape index (κ1) is 18.5. The molecule has 3 aromatic rings. The van der Waals surface area contributed by atoms with Gasteiger partial charge in [0.2, 0.25) is 6.79 Å². The number of nitrogens with one attached hydrogen (secondary N) is 2. The number of fused-ring (bicyclic) bond motifs is 3. The van der Waals surface area contributed by atoms with Gasteiger partial charge in [0.25, 0.3) is 0 Å². The molecule has 3 saturated heterocycles. The van der Waals surface area contributed by atoms with Crippen LogP contribution in [0, 0.1) is 11.3 Å². The fourth-order valence-corrected chi connectivity index (χ4v) is 7.18. The van der Waals surface area contributed by atoms with Gasteiger partial charge in [0, 0.05) is 34.0 Å². The molecule has 10 heteroatoms. The maximum atomic E-state index is 8.24. The summed E-state index contributed by atoms with van der Waals surface area (Å²) in [5, 5.41) is 8.97. The second-order valence-corrected chi connectivity index (χ2v) is 10.7. The van der Waals surface area contributed by atoms with Crippen molar-refractivity contribution in [2.24, 2.45) is 5.92 Å². The van der Waals surface area contributed by atoms with Crippen LogP contribution in [0.3, 0.4) is 0 Å². The lowest BCUT2D eigenvalue weighted by Gasteiger charge is -2.13. The highest BCUT2D eigenvalue weighted by atomic mass is 79.9. The summed E-state index contributed by atoms with van der Waals surface area (Å²) in [6.07, 6.45) is 7.04. The van der Waals surface area contributed by atoms with Crippen LogP contribution in [0.1, 0.15) is 25.7 Å². The second kappa shape index (κ2) is 6.73. The average Bonchev–Trinajstić information content (AvgIpc) is 3.17. The van der Waals surface area contributed by atoms with Crippen LogP contribution in [0.25, 0.3) is 11.2 Å². The third kappa shape index (κ3) is 2.87. The lowest BCUT2D eigenvalue weighted by atomic mass is 9.96. The van der Waals surface area contributed by atoms with Gasteiger partial charge < -0.3 is 19.0 Å². The Kier molecular flexibility index (Phi) is 4.02. The molecule has 8 nitrogen and oxygen atoms in total. The van der Waals surface area contributed by atoms with Crippen LogP contribution in [0.15, 0.2) is 33.0 Å². The summed E-state index contributed by atoms with van der Waals surface area (Å²) < 4.78 is 14.0. The van der Waals surface area contributed by atoms with E-state index in [0.717, 1.165) is 68.7 Å². The standard InChI is InChI=1S/C21H21BrN6O2S/c22-12-6-14-15(30-9-29-14)7-16(12)31-21-25-17-19(23)24-8-27(20(17)26-21)4-3-10-5-11-1-2-13-18(10)28(11)13/h6-8,10-11,13,18,23H,1-5,9H2,(H,25,26)/t10-,11+,13-,18?,28?/m0/s1. The van der Waals surface area contributed by atoms with Crippen molar-refractivity contribution in [2.45, 2.75) is 60.4 Å². The molecular formula is C21H21BrN6O2S. The van der Waals surface area contributed by atoms with Gasteiger partial charge in [-0.2, -0.15) is 0 Å². The molecule has 1 aromatic carbocycles. The van der Waals surface area contributed by atoms with Gasteiger partial charge in [-0.25, -0.2) is 9.97 Å².